The Bertz CT molecular complexity index is 371. The summed E-state index contributed by atoms with van der Waals surface area (Å²) >= 11 is 1.53. The Balaban J connectivity index is 2.29. The van der Waals surface area contributed by atoms with Crippen LogP contribution in [0, 0.1) is 0 Å². The molecular weight excluding hydrogens is 250 g/mol. The minimum absolute atomic E-state index is 0.00356. The Morgan fingerprint density at radius 2 is 2.22 bits per heavy atom. The zero-order valence-electron chi connectivity index (χ0n) is 10.5. The SMILES string of the molecule is COc1ccccc1CNC(=O)CSCCCO. The summed E-state index contributed by atoms with van der Waals surface area (Å²) in [6.07, 6.45) is 0.727. The van der Waals surface area contributed by atoms with Crippen LogP contribution in [0.1, 0.15) is 12.0 Å². The number of nitrogens with one attached hydrogen (secondary N) is 1. The topological polar surface area (TPSA) is 58.6 Å². The second-order valence-electron chi connectivity index (χ2n) is 3.72. The number of amides is 1. The zero-order chi connectivity index (χ0) is 13.2. The molecule has 4 nitrogen and oxygen atoms in total. The third-order valence-corrected chi connectivity index (χ3v) is 3.39. The fraction of sp³-hybridized carbons (Fsp3) is 0.462. The van der Waals surface area contributed by atoms with Crippen molar-refractivity contribution in [3.8, 4) is 5.75 Å². The van der Waals surface area contributed by atoms with Gasteiger partial charge in [0.2, 0.25) is 5.91 Å². The normalized spacial score (nSPS) is 10.1. The number of carbonyl (C=O) groups excluding carboxylic acids is 1. The highest BCUT2D eigenvalue weighted by Gasteiger charge is 2.04. The molecule has 0 spiro atoms. The van der Waals surface area contributed by atoms with Crippen LogP contribution in [-0.2, 0) is 11.3 Å². The van der Waals surface area contributed by atoms with Gasteiger partial charge in [0, 0.05) is 18.7 Å². The molecule has 2 N–H and O–H groups in total. The van der Waals surface area contributed by atoms with Gasteiger partial charge in [0.25, 0.3) is 0 Å². The van der Waals surface area contributed by atoms with Crippen molar-refractivity contribution in [2.24, 2.45) is 0 Å². The molecule has 0 saturated heterocycles. The van der Waals surface area contributed by atoms with Crippen LogP contribution in [0.15, 0.2) is 24.3 Å². The first kappa shape index (κ1) is 14.9. The molecule has 0 bridgehead atoms. The Morgan fingerprint density at radius 3 is 2.94 bits per heavy atom. The predicted molar refractivity (Wildman–Crippen MR) is 73.9 cm³/mol. The molecule has 0 aliphatic heterocycles. The molecule has 1 rings (SSSR count). The summed E-state index contributed by atoms with van der Waals surface area (Å²) in [4.78, 5) is 11.5. The third-order valence-electron chi connectivity index (χ3n) is 2.35. The van der Waals surface area contributed by atoms with Gasteiger partial charge in [0.05, 0.1) is 12.9 Å². The number of ether oxygens (including phenoxy) is 1. The van der Waals surface area contributed by atoms with Gasteiger partial charge in [-0.2, -0.15) is 11.8 Å². The van der Waals surface area contributed by atoms with Crippen molar-refractivity contribution in [3.05, 3.63) is 29.8 Å². The van der Waals surface area contributed by atoms with E-state index < -0.39 is 0 Å². The van der Waals surface area contributed by atoms with E-state index >= 15 is 0 Å². The fourth-order valence-corrected chi connectivity index (χ4v) is 2.19. The van der Waals surface area contributed by atoms with Gasteiger partial charge < -0.3 is 15.2 Å². The van der Waals surface area contributed by atoms with Crippen molar-refractivity contribution in [2.75, 3.05) is 25.2 Å². The van der Waals surface area contributed by atoms with Crippen LogP contribution in [0.5, 0.6) is 5.75 Å². The van der Waals surface area contributed by atoms with Crippen LogP contribution < -0.4 is 10.1 Å². The molecule has 0 unspecified atom stereocenters. The molecule has 5 heteroatoms. The first-order valence-corrected chi connectivity index (χ1v) is 7.00. The van der Waals surface area contributed by atoms with Crippen LogP contribution in [0.2, 0.25) is 0 Å². The monoisotopic (exact) mass is 269 g/mol. The number of para-hydroxylation sites is 1. The Labute approximate surface area is 112 Å². The largest absolute Gasteiger partial charge is 0.496 e. The van der Waals surface area contributed by atoms with Crippen molar-refractivity contribution < 1.29 is 14.6 Å². The summed E-state index contributed by atoms with van der Waals surface area (Å²) in [7, 11) is 1.62. The van der Waals surface area contributed by atoms with Gasteiger partial charge in [-0.1, -0.05) is 18.2 Å². The van der Waals surface area contributed by atoms with E-state index in [1.165, 1.54) is 11.8 Å². The van der Waals surface area contributed by atoms with Gasteiger partial charge in [-0.15, -0.1) is 0 Å². The molecule has 0 aliphatic carbocycles. The fourth-order valence-electron chi connectivity index (χ4n) is 1.43. The van der Waals surface area contributed by atoms with Crippen LogP contribution >= 0.6 is 11.8 Å². The summed E-state index contributed by atoms with van der Waals surface area (Å²) in [6, 6.07) is 7.62. The standard InChI is InChI=1S/C13H19NO3S/c1-17-12-6-3-2-5-11(12)9-14-13(16)10-18-8-4-7-15/h2-3,5-6,15H,4,7-10H2,1H3,(H,14,16). The molecule has 0 atom stereocenters. The maximum Gasteiger partial charge on any atom is 0.230 e. The van der Waals surface area contributed by atoms with Crippen LogP contribution in [0.3, 0.4) is 0 Å². The van der Waals surface area contributed by atoms with Crippen LogP contribution in [0.4, 0.5) is 0 Å². The number of thioether (sulfide) groups is 1. The average Bonchev–Trinajstić information content (AvgIpc) is 2.41. The molecule has 0 fully saturated rings. The summed E-state index contributed by atoms with van der Waals surface area (Å²) in [5, 5.41) is 11.5. The highest BCUT2D eigenvalue weighted by molar-refractivity contribution is 7.99. The smallest absolute Gasteiger partial charge is 0.230 e. The minimum Gasteiger partial charge on any atom is -0.496 e. The molecule has 1 aromatic rings. The van der Waals surface area contributed by atoms with E-state index in [-0.39, 0.29) is 12.5 Å². The molecule has 0 aliphatic rings. The number of rotatable bonds is 8. The van der Waals surface area contributed by atoms with Gasteiger partial charge in [-0.25, -0.2) is 0 Å². The number of carbonyl (C=O) groups is 1. The van der Waals surface area contributed by atoms with Gasteiger partial charge in [0.1, 0.15) is 5.75 Å². The minimum atomic E-state index is 0.00356. The lowest BCUT2D eigenvalue weighted by Crippen LogP contribution is -2.25. The molecule has 1 amide bonds. The molecule has 0 radical (unpaired) electrons. The Kier molecular flexibility index (Phi) is 7.29. The van der Waals surface area contributed by atoms with E-state index in [4.69, 9.17) is 9.84 Å². The van der Waals surface area contributed by atoms with Crippen molar-refractivity contribution in [2.45, 2.75) is 13.0 Å². The number of methoxy groups -OCH3 is 1. The first-order valence-electron chi connectivity index (χ1n) is 5.85. The number of benzene rings is 1. The van der Waals surface area contributed by atoms with Gasteiger partial charge in [-0.3, -0.25) is 4.79 Å². The second-order valence-corrected chi connectivity index (χ2v) is 4.82. The van der Waals surface area contributed by atoms with Gasteiger partial charge in [-0.05, 0) is 18.2 Å². The average molecular weight is 269 g/mol. The molecular formula is C13H19NO3S. The van der Waals surface area contributed by atoms with Crippen LogP contribution in [0.25, 0.3) is 0 Å². The van der Waals surface area contributed by atoms with E-state index in [1.807, 2.05) is 24.3 Å². The van der Waals surface area contributed by atoms with Crippen molar-refractivity contribution in [3.63, 3.8) is 0 Å². The van der Waals surface area contributed by atoms with E-state index in [1.54, 1.807) is 7.11 Å². The van der Waals surface area contributed by atoms with E-state index in [9.17, 15) is 4.79 Å². The summed E-state index contributed by atoms with van der Waals surface area (Å²) in [5.74, 6) is 2.02. The number of hydrogen-bond acceptors (Lipinski definition) is 4. The van der Waals surface area contributed by atoms with Gasteiger partial charge >= 0.3 is 0 Å². The molecule has 100 valence electrons. The van der Waals surface area contributed by atoms with E-state index in [0.717, 1.165) is 23.5 Å². The number of hydrogen-bond donors (Lipinski definition) is 2. The lowest BCUT2D eigenvalue weighted by Gasteiger charge is -2.09. The van der Waals surface area contributed by atoms with E-state index in [2.05, 4.69) is 5.32 Å². The Morgan fingerprint density at radius 1 is 1.44 bits per heavy atom. The van der Waals surface area contributed by atoms with E-state index in [0.29, 0.717) is 12.3 Å². The summed E-state index contributed by atoms with van der Waals surface area (Å²) in [6.45, 7) is 0.652. The summed E-state index contributed by atoms with van der Waals surface area (Å²) < 4.78 is 5.21. The Hall–Kier alpha value is -1.20. The molecule has 1 aromatic carbocycles. The van der Waals surface area contributed by atoms with Crippen molar-refractivity contribution in [1.82, 2.24) is 5.32 Å². The molecule has 18 heavy (non-hydrogen) atoms. The highest BCUT2D eigenvalue weighted by Crippen LogP contribution is 2.16. The zero-order valence-corrected chi connectivity index (χ0v) is 11.3. The maximum absolute atomic E-state index is 11.5. The van der Waals surface area contributed by atoms with Gasteiger partial charge in [0.15, 0.2) is 0 Å². The van der Waals surface area contributed by atoms with Crippen molar-refractivity contribution in [1.29, 1.82) is 0 Å². The highest BCUT2D eigenvalue weighted by atomic mass is 32.2. The summed E-state index contributed by atoms with van der Waals surface area (Å²) in [5.41, 5.74) is 0.966. The number of aliphatic hydroxyl groups is 1. The number of aliphatic hydroxyl groups excluding tert-OH is 1. The second kappa shape index (κ2) is 8.83. The van der Waals surface area contributed by atoms with Crippen molar-refractivity contribution >= 4 is 17.7 Å². The lowest BCUT2D eigenvalue weighted by atomic mass is 10.2. The van der Waals surface area contributed by atoms with Crippen LogP contribution in [-0.4, -0.2) is 36.2 Å². The maximum atomic E-state index is 11.5. The molecule has 0 heterocycles. The quantitative estimate of drug-likeness (QED) is 0.701. The lowest BCUT2D eigenvalue weighted by molar-refractivity contribution is -0.118. The first-order chi connectivity index (χ1) is 8.77. The predicted octanol–water partition coefficient (Wildman–Crippen LogP) is 1.43. The molecule has 0 aromatic heterocycles. The molecule has 0 saturated carbocycles. The third kappa shape index (κ3) is 5.42.